The lowest BCUT2D eigenvalue weighted by Crippen LogP contribution is -2.13. The minimum atomic E-state index is -0.469. The molecule has 0 bridgehead atoms. The molecule has 2 nitrogen and oxygen atoms in total. The molecule has 0 radical (unpaired) electrons. The van der Waals surface area contributed by atoms with Gasteiger partial charge in [0.2, 0.25) is 0 Å². The summed E-state index contributed by atoms with van der Waals surface area (Å²) in [5, 5.41) is 2.52. The van der Waals surface area contributed by atoms with Gasteiger partial charge < -0.3 is 5.32 Å². The van der Waals surface area contributed by atoms with Gasteiger partial charge in [0.25, 0.3) is 5.91 Å². The second-order valence-electron chi connectivity index (χ2n) is 4.32. The molecule has 0 aromatic heterocycles. The minimum absolute atomic E-state index is 0.231. The van der Waals surface area contributed by atoms with E-state index in [1.165, 1.54) is 12.1 Å². The lowest BCUT2D eigenvalue weighted by molar-refractivity contribution is 0.102. The van der Waals surface area contributed by atoms with Gasteiger partial charge in [-0.15, -0.1) is 11.6 Å². The second-order valence-corrected chi connectivity index (χ2v) is 5.89. The summed E-state index contributed by atoms with van der Waals surface area (Å²) in [5.74, 6) is -0.849. The Morgan fingerprint density at radius 2 is 2.00 bits per heavy atom. The first-order valence-corrected chi connectivity index (χ1v) is 7.21. The molecule has 1 amide bonds. The Balaban J connectivity index is 2.28. The van der Waals surface area contributed by atoms with Gasteiger partial charge in [0, 0.05) is 15.7 Å². The molecule has 0 saturated heterocycles. The maximum Gasteiger partial charge on any atom is 0.255 e. The van der Waals surface area contributed by atoms with Crippen LogP contribution in [0.25, 0.3) is 0 Å². The van der Waals surface area contributed by atoms with Crippen LogP contribution in [0.1, 0.15) is 28.2 Å². The summed E-state index contributed by atoms with van der Waals surface area (Å²) in [6.07, 6.45) is 0. The molecule has 0 aliphatic carbocycles. The van der Waals surface area contributed by atoms with E-state index >= 15 is 0 Å². The van der Waals surface area contributed by atoms with Gasteiger partial charge in [-0.3, -0.25) is 4.79 Å². The van der Waals surface area contributed by atoms with Crippen molar-refractivity contribution in [1.29, 1.82) is 0 Å². The van der Waals surface area contributed by atoms with Crippen molar-refractivity contribution < 1.29 is 9.18 Å². The number of carbonyl (C=O) groups is 1. The quantitative estimate of drug-likeness (QED) is 0.758. The molecule has 2 rings (SSSR count). The fourth-order valence-corrected chi connectivity index (χ4v) is 2.49. The Hall–Kier alpha value is -1.39. The van der Waals surface area contributed by atoms with Crippen molar-refractivity contribution in [2.24, 2.45) is 0 Å². The number of rotatable bonds is 3. The molecule has 0 aliphatic rings. The van der Waals surface area contributed by atoms with E-state index in [0.717, 1.165) is 5.56 Å². The standard InChI is InChI=1S/C15H12BrClFNO/c1-9(17)13-4-2-3-5-14(13)19-15(20)10-6-11(16)8-12(18)7-10/h2-9H,1H3,(H,19,20). The first kappa shape index (κ1) is 15.0. The topological polar surface area (TPSA) is 29.1 Å². The van der Waals surface area contributed by atoms with E-state index in [9.17, 15) is 9.18 Å². The van der Waals surface area contributed by atoms with E-state index in [-0.39, 0.29) is 16.8 Å². The van der Waals surface area contributed by atoms with Crippen molar-refractivity contribution in [2.75, 3.05) is 5.32 Å². The molecule has 0 fully saturated rings. The van der Waals surface area contributed by atoms with Crippen molar-refractivity contribution in [3.8, 4) is 0 Å². The first-order valence-electron chi connectivity index (χ1n) is 5.98. The summed E-state index contributed by atoms with van der Waals surface area (Å²) in [5.41, 5.74) is 1.69. The third kappa shape index (κ3) is 3.58. The number of hydrogen-bond acceptors (Lipinski definition) is 1. The van der Waals surface area contributed by atoms with Crippen molar-refractivity contribution in [3.05, 3.63) is 63.9 Å². The molecule has 2 aromatic carbocycles. The average Bonchev–Trinajstić information content (AvgIpc) is 2.37. The van der Waals surface area contributed by atoms with Crippen molar-refractivity contribution >= 4 is 39.1 Å². The highest BCUT2D eigenvalue weighted by Crippen LogP contribution is 2.27. The van der Waals surface area contributed by atoms with Crippen LogP contribution in [0.3, 0.4) is 0 Å². The fourth-order valence-electron chi connectivity index (χ4n) is 1.84. The second kappa shape index (κ2) is 6.37. The maximum absolute atomic E-state index is 13.3. The molecular formula is C15H12BrClFNO. The van der Waals surface area contributed by atoms with E-state index in [1.807, 2.05) is 19.1 Å². The summed E-state index contributed by atoms with van der Waals surface area (Å²) >= 11 is 9.23. The number of nitrogens with one attached hydrogen (secondary N) is 1. The molecule has 1 atom stereocenters. The number of carbonyl (C=O) groups excluding carboxylic acids is 1. The summed E-state index contributed by atoms with van der Waals surface area (Å²) in [6.45, 7) is 1.82. The molecule has 104 valence electrons. The minimum Gasteiger partial charge on any atom is -0.322 e. The predicted molar refractivity (Wildman–Crippen MR) is 82.8 cm³/mol. The molecule has 0 spiro atoms. The zero-order valence-corrected chi connectivity index (χ0v) is 13.0. The number of halogens is 3. The lowest BCUT2D eigenvalue weighted by Gasteiger charge is -2.12. The Morgan fingerprint density at radius 1 is 1.30 bits per heavy atom. The molecule has 1 unspecified atom stereocenters. The van der Waals surface area contributed by atoms with Crippen molar-refractivity contribution in [3.63, 3.8) is 0 Å². The summed E-state index contributed by atoms with van der Waals surface area (Å²) in [4.78, 5) is 12.2. The highest BCUT2D eigenvalue weighted by atomic mass is 79.9. The van der Waals surface area contributed by atoms with Gasteiger partial charge in [0.05, 0.1) is 5.38 Å². The van der Waals surface area contributed by atoms with Gasteiger partial charge >= 0.3 is 0 Å². The van der Waals surface area contributed by atoms with E-state index in [1.54, 1.807) is 18.2 Å². The van der Waals surface area contributed by atoms with Gasteiger partial charge in [-0.2, -0.15) is 0 Å². The molecular weight excluding hydrogens is 345 g/mol. The number of anilines is 1. The van der Waals surface area contributed by atoms with Crippen LogP contribution < -0.4 is 5.32 Å². The van der Waals surface area contributed by atoms with Crippen molar-refractivity contribution in [2.45, 2.75) is 12.3 Å². The number of amides is 1. The van der Waals surface area contributed by atoms with Crippen molar-refractivity contribution in [1.82, 2.24) is 0 Å². The largest absolute Gasteiger partial charge is 0.322 e. The molecule has 0 heterocycles. The normalized spacial score (nSPS) is 12.0. The zero-order chi connectivity index (χ0) is 14.7. The van der Waals surface area contributed by atoms with Gasteiger partial charge in [-0.25, -0.2) is 4.39 Å². The lowest BCUT2D eigenvalue weighted by atomic mass is 10.1. The van der Waals surface area contributed by atoms with Crippen LogP contribution in [0.5, 0.6) is 0 Å². The van der Waals surface area contributed by atoms with Crippen LogP contribution in [-0.4, -0.2) is 5.91 Å². The molecule has 1 N–H and O–H groups in total. The number of benzene rings is 2. The summed E-state index contributed by atoms with van der Waals surface area (Å²) in [7, 11) is 0. The monoisotopic (exact) mass is 355 g/mol. The maximum atomic E-state index is 13.3. The van der Waals surface area contributed by atoms with Crippen LogP contribution >= 0.6 is 27.5 Å². The molecule has 0 saturated carbocycles. The Morgan fingerprint density at radius 3 is 2.65 bits per heavy atom. The Labute approximate surface area is 130 Å². The van der Waals surface area contributed by atoms with Crippen LogP contribution in [-0.2, 0) is 0 Å². The van der Waals surface area contributed by atoms with Crippen LogP contribution in [0, 0.1) is 5.82 Å². The molecule has 20 heavy (non-hydrogen) atoms. The molecule has 5 heteroatoms. The number of hydrogen-bond donors (Lipinski definition) is 1. The van der Waals surface area contributed by atoms with Gasteiger partial charge in [0.1, 0.15) is 5.82 Å². The number of alkyl halides is 1. The van der Waals surface area contributed by atoms with Crippen LogP contribution in [0.2, 0.25) is 0 Å². The zero-order valence-electron chi connectivity index (χ0n) is 10.7. The van der Waals surface area contributed by atoms with E-state index < -0.39 is 5.82 Å². The third-order valence-electron chi connectivity index (χ3n) is 2.76. The molecule has 0 aliphatic heterocycles. The van der Waals surface area contributed by atoms with E-state index in [2.05, 4.69) is 21.2 Å². The van der Waals surface area contributed by atoms with E-state index in [0.29, 0.717) is 10.2 Å². The summed E-state index contributed by atoms with van der Waals surface area (Å²) < 4.78 is 13.8. The van der Waals surface area contributed by atoms with E-state index in [4.69, 9.17) is 11.6 Å². The van der Waals surface area contributed by atoms with Gasteiger partial charge in [-0.1, -0.05) is 34.1 Å². The highest BCUT2D eigenvalue weighted by molar-refractivity contribution is 9.10. The Bertz CT molecular complexity index is 625. The average molecular weight is 357 g/mol. The fraction of sp³-hybridized carbons (Fsp3) is 0.133. The first-order chi connectivity index (χ1) is 9.47. The van der Waals surface area contributed by atoms with Crippen LogP contribution in [0.4, 0.5) is 10.1 Å². The van der Waals surface area contributed by atoms with Crippen LogP contribution in [0.15, 0.2) is 46.9 Å². The Kier molecular flexibility index (Phi) is 4.78. The highest BCUT2D eigenvalue weighted by Gasteiger charge is 2.12. The number of para-hydroxylation sites is 1. The summed E-state index contributed by atoms with van der Waals surface area (Å²) in [6, 6.07) is 11.3. The molecule has 2 aromatic rings. The predicted octanol–water partition coefficient (Wildman–Crippen LogP) is 5.14. The SMILES string of the molecule is CC(Cl)c1ccccc1NC(=O)c1cc(F)cc(Br)c1. The van der Waals surface area contributed by atoms with Gasteiger partial charge in [-0.05, 0) is 36.8 Å². The van der Waals surface area contributed by atoms with Gasteiger partial charge in [0.15, 0.2) is 0 Å². The third-order valence-corrected chi connectivity index (χ3v) is 3.46. The smallest absolute Gasteiger partial charge is 0.255 e.